The summed E-state index contributed by atoms with van der Waals surface area (Å²) in [5.74, 6) is 0. The van der Waals surface area contributed by atoms with Gasteiger partial charge in [-0.2, -0.15) is 0 Å². The van der Waals surface area contributed by atoms with Crippen molar-refractivity contribution >= 4 is 23.4 Å². The van der Waals surface area contributed by atoms with Crippen LogP contribution < -0.4 is 0 Å². The van der Waals surface area contributed by atoms with Crippen molar-refractivity contribution < 1.29 is 32.1 Å². The van der Waals surface area contributed by atoms with Crippen molar-refractivity contribution in [1.29, 1.82) is 0 Å². The van der Waals surface area contributed by atoms with Crippen LogP contribution in [0, 0.1) is 0 Å². The van der Waals surface area contributed by atoms with Crippen molar-refractivity contribution in [2.24, 2.45) is 0 Å². The quantitative estimate of drug-likeness (QED) is 0.707. The van der Waals surface area contributed by atoms with Gasteiger partial charge in [-0.3, -0.25) is 9.13 Å². The third kappa shape index (κ3) is 5.99. The Labute approximate surface area is 82.5 Å². The van der Waals surface area contributed by atoms with E-state index >= 15 is 0 Å². The molecule has 2 atom stereocenters. The molecule has 0 saturated heterocycles. The normalized spacial score (nSPS) is 21.0. The van der Waals surface area contributed by atoms with Gasteiger partial charge in [-0.15, -0.1) is 0 Å². The molecule has 0 rings (SSSR count). The highest BCUT2D eigenvalue weighted by Crippen LogP contribution is 2.58. The summed E-state index contributed by atoms with van der Waals surface area (Å²) in [4.78, 5) is 17.7. The fourth-order valence-corrected chi connectivity index (χ4v) is 3.32. The molecule has 0 aromatic rings. The summed E-state index contributed by atoms with van der Waals surface area (Å²) in [6.07, 6.45) is -0.501. The Kier molecular flexibility index (Phi) is 5.63. The smallest absolute Gasteiger partial charge is 0.322 e. The Morgan fingerprint density at radius 2 is 1.36 bits per heavy atom. The minimum Gasteiger partial charge on any atom is -0.322 e. The van der Waals surface area contributed by atoms with Crippen LogP contribution in [-0.2, 0) is 22.3 Å². The van der Waals surface area contributed by atoms with Crippen LogP contribution in [0.1, 0.15) is 13.8 Å². The first-order valence-electron chi connectivity index (χ1n) is 3.72. The number of hydrogen-bond donors (Lipinski definition) is 2. The lowest BCUT2D eigenvalue weighted by atomic mass is 11.0. The van der Waals surface area contributed by atoms with Crippen molar-refractivity contribution in [3.63, 3.8) is 0 Å². The van der Waals surface area contributed by atoms with E-state index in [2.05, 4.69) is 8.62 Å². The van der Waals surface area contributed by atoms with Gasteiger partial charge in [0.15, 0.2) is 0 Å². The molecule has 2 N–H and O–H groups in total. The average Bonchev–Trinajstić information content (AvgIpc) is 2.02. The van der Waals surface area contributed by atoms with Crippen molar-refractivity contribution in [2.45, 2.75) is 13.8 Å². The van der Waals surface area contributed by atoms with Gasteiger partial charge in [0.25, 0.3) is 0 Å². The molecule has 0 spiro atoms. The van der Waals surface area contributed by atoms with Crippen molar-refractivity contribution in [3.8, 4) is 0 Å². The van der Waals surface area contributed by atoms with Crippen molar-refractivity contribution in [1.82, 2.24) is 0 Å². The fourth-order valence-electron chi connectivity index (χ4n) is 0.339. The predicted molar refractivity (Wildman–Crippen MR) is 50.5 cm³/mol. The van der Waals surface area contributed by atoms with Gasteiger partial charge in [0.2, 0.25) is 0 Å². The van der Waals surface area contributed by atoms with Crippen LogP contribution >= 0.6 is 23.4 Å². The van der Waals surface area contributed by atoms with Crippen LogP contribution in [0.15, 0.2) is 0 Å². The Morgan fingerprint density at radius 1 is 1.07 bits per heavy atom. The molecule has 0 fully saturated rings. The second-order valence-corrected chi connectivity index (χ2v) is 7.86. The Balaban J connectivity index is 4.26. The molecular formula is C4H12O7P3+. The van der Waals surface area contributed by atoms with E-state index in [1.165, 1.54) is 13.8 Å². The van der Waals surface area contributed by atoms with Crippen LogP contribution in [0.25, 0.3) is 0 Å². The zero-order valence-corrected chi connectivity index (χ0v) is 10.4. The molecule has 14 heavy (non-hydrogen) atoms. The maximum Gasteiger partial charge on any atom is 0.715 e. The molecule has 0 aliphatic carbocycles. The highest BCUT2D eigenvalue weighted by molar-refractivity contribution is 7.64. The first-order chi connectivity index (χ1) is 6.22. The zero-order chi connectivity index (χ0) is 11.4. The fraction of sp³-hybridized carbons (Fsp3) is 1.00. The SMILES string of the molecule is CCP(=O)(O)O[P+](=O)OP(=O)(O)CC. The van der Waals surface area contributed by atoms with Crippen LogP contribution in [0.5, 0.6) is 0 Å². The topological polar surface area (TPSA) is 110 Å². The second-order valence-electron chi connectivity index (χ2n) is 2.29. The van der Waals surface area contributed by atoms with Crippen molar-refractivity contribution in [3.05, 3.63) is 0 Å². The lowest BCUT2D eigenvalue weighted by molar-refractivity contribution is 0.332. The van der Waals surface area contributed by atoms with Crippen LogP contribution in [0.4, 0.5) is 0 Å². The third-order valence-electron chi connectivity index (χ3n) is 1.19. The molecule has 10 heteroatoms. The molecule has 0 saturated carbocycles. The lowest BCUT2D eigenvalue weighted by Crippen LogP contribution is -1.88. The summed E-state index contributed by atoms with van der Waals surface area (Å²) in [6, 6.07) is 0. The van der Waals surface area contributed by atoms with Crippen LogP contribution in [0.3, 0.4) is 0 Å². The molecule has 0 bridgehead atoms. The molecule has 0 radical (unpaired) electrons. The van der Waals surface area contributed by atoms with Crippen LogP contribution in [-0.4, -0.2) is 22.1 Å². The monoisotopic (exact) mass is 265 g/mol. The molecule has 0 aromatic heterocycles. The third-order valence-corrected chi connectivity index (χ3v) is 5.89. The summed E-state index contributed by atoms with van der Waals surface area (Å²) in [6.45, 7) is 2.70. The van der Waals surface area contributed by atoms with E-state index in [0.29, 0.717) is 0 Å². The molecule has 7 nitrogen and oxygen atoms in total. The Bertz CT molecular complexity index is 271. The summed E-state index contributed by atoms with van der Waals surface area (Å²) in [5.41, 5.74) is 0. The van der Waals surface area contributed by atoms with Gasteiger partial charge < -0.3 is 9.79 Å². The minimum atomic E-state index is -3.97. The van der Waals surface area contributed by atoms with E-state index in [1.807, 2.05) is 0 Å². The Morgan fingerprint density at radius 3 is 1.57 bits per heavy atom. The van der Waals surface area contributed by atoms with Gasteiger partial charge in [-0.1, -0.05) is 13.8 Å². The van der Waals surface area contributed by atoms with E-state index < -0.39 is 23.4 Å². The number of hydrogen-bond acceptors (Lipinski definition) is 5. The van der Waals surface area contributed by atoms with Gasteiger partial charge in [0, 0.05) is 4.57 Å². The van der Waals surface area contributed by atoms with Gasteiger partial charge in [-0.05, 0) is 8.62 Å². The predicted octanol–water partition coefficient (Wildman–Crippen LogP) is 2.09. The van der Waals surface area contributed by atoms with E-state index in [9.17, 15) is 13.7 Å². The molecule has 2 unspecified atom stereocenters. The standard InChI is InChI=1S/C4H11O7P3/c1-3-13(6,7)10-12(5)11-14(8,9)4-2/h3-4H2,1-2H3,(H-,6,7,8,9)/p+1. The largest absolute Gasteiger partial charge is 0.715 e. The van der Waals surface area contributed by atoms with Gasteiger partial charge in [0.05, 0.1) is 12.3 Å². The molecule has 84 valence electrons. The number of rotatable bonds is 6. The maximum atomic E-state index is 10.9. The minimum absolute atomic E-state index is 0.251. The van der Waals surface area contributed by atoms with E-state index in [4.69, 9.17) is 9.79 Å². The lowest BCUT2D eigenvalue weighted by Gasteiger charge is -2.00. The van der Waals surface area contributed by atoms with Gasteiger partial charge >= 0.3 is 23.4 Å². The molecule has 0 aromatic carbocycles. The highest BCUT2D eigenvalue weighted by Gasteiger charge is 2.40. The summed E-state index contributed by atoms with van der Waals surface area (Å²) < 4.78 is 40.7. The van der Waals surface area contributed by atoms with Crippen molar-refractivity contribution in [2.75, 3.05) is 12.3 Å². The van der Waals surface area contributed by atoms with E-state index in [1.54, 1.807) is 0 Å². The summed E-state index contributed by atoms with van der Waals surface area (Å²) in [7, 11) is -11.0. The molecule has 0 heterocycles. The summed E-state index contributed by atoms with van der Waals surface area (Å²) >= 11 is 0. The molecule has 0 aliphatic rings. The molecular weight excluding hydrogens is 253 g/mol. The van der Waals surface area contributed by atoms with Crippen LogP contribution in [0.2, 0.25) is 0 Å². The Hall–Kier alpha value is 0.400. The highest BCUT2D eigenvalue weighted by atomic mass is 31.3. The summed E-state index contributed by atoms with van der Waals surface area (Å²) in [5, 5.41) is 0. The first kappa shape index (κ1) is 14.4. The van der Waals surface area contributed by atoms with E-state index in [-0.39, 0.29) is 12.3 Å². The maximum absolute atomic E-state index is 10.9. The average molecular weight is 265 g/mol. The zero-order valence-electron chi connectivity index (χ0n) is 7.69. The first-order valence-corrected chi connectivity index (χ1v) is 8.35. The van der Waals surface area contributed by atoms with Gasteiger partial charge in [-0.25, -0.2) is 0 Å². The molecule has 0 aliphatic heterocycles. The van der Waals surface area contributed by atoms with E-state index in [0.717, 1.165) is 0 Å². The van der Waals surface area contributed by atoms with Gasteiger partial charge in [0.1, 0.15) is 0 Å². The molecule has 0 amide bonds. The second kappa shape index (κ2) is 5.47.